The third-order valence-corrected chi connectivity index (χ3v) is 2.53. The van der Waals surface area contributed by atoms with E-state index in [1.807, 2.05) is 42.5 Å². The Kier molecular flexibility index (Phi) is 4.03. The van der Waals surface area contributed by atoms with Gasteiger partial charge in [0.2, 0.25) is 6.79 Å². The van der Waals surface area contributed by atoms with Gasteiger partial charge in [-0.1, -0.05) is 37.3 Å². The van der Waals surface area contributed by atoms with Crippen molar-refractivity contribution >= 4 is 0 Å². The van der Waals surface area contributed by atoms with Crippen LogP contribution in [0.3, 0.4) is 0 Å². The molecule has 0 fully saturated rings. The van der Waals surface area contributed by atoms with Gasteiger partial charge in [0.05, 0.1) is 0 Å². The molecule has 2 heteroatoms. The van der Waals surface area contributed by atoms with Gasteiger partial charge in [-0.25, -0.2) is 0 Å². The fourth-order valence-corrected chi connectivity index (χ4v) is 1.50. The fourth-order valence-electron chi connectivity index (χ4n) is 1.50. The Labute approximate surface area is 102 Å². The topological polar surface area (TPSA) is 18.5 Å². The summed E-state index contributed by atoms with van der Waals surface area (Å²) >= 11 is 0. The minimum Gasteiger partial charge on any atom is -0.458 e. The lowest BCUT2D eigenvalue weighted by molar-refractivity contribution is 0.120. The Hall–Kier alpha value is -1.96. The second-order valence-electron chi connectivity index (χ2n) is 3.72. The maximum Gasteiger partial charge on any atom is 0.230 e. The number of para-hydroxylation sites is 1. The van der Waals surface area contributed by atoms with Gasteiger partial charge in [-0.15, -0.1) is 0 Å². The molecule has 0 heterocycles. The molecule has 0 N–H and O–H groups in total. The Balaban J connectivity index is 1.82. The first-order valence-corrected chi connectivity index (χ1v) is 5.78. The normalized spacial score (nSPS) is 9.94. The Morgan fingerprint density at radius 2 is 1.35 bits per heavy atom. The summed E-state index contributed by atoms with van der Waals surface area (Å²) in [5, 5.41) is 0. The summed E-state index contributed by atoms with van der Waals surface area (Å²) in [5.74, 6) is 1.65. The number of hydrogen-bond donors (Lipinski definition) is 0. The maximum absolute atomic E-state index is 5.49. The van der Waals surface area contributed by atoms with Crippen molar-refractivity contribution in [2.75, 3.05) is 6.79 Å². The molecule has 0 saturated carbocycles. The van der Waals surface area contributed by atoms with E-state index in [0.717, 1.165) is 17.9 Å². The van der Waals surface area contributed by atoms with Crippen molar-refractivity contribution in [2.24, 2.45) is 0 Å². The van der Waals surface area contributed by atoms with Crippen LogP contribution in [0.2, 0.25) is 0 Å². The Morgan fingerprint density at radius 1 is 0.765 bits per heavy atom. The van der Waals surface area contributed by atoms with E-state index in [-0.39, 0.29) is 6.79 Å². The van der Waals surface area contributed by atoms with Crippen LogP contribution in [-0.4, -0.2) is 6.79 Å². The van der Waals surface area contributed by atoms with Gasteiger partial charge in [-0.3, -0.25) is 0 Å². The van der Waals surface area contributed by atoms with Crippen LogP contribution in [0.15, 0.2) is 54.6 Å². The smallest absolute Gasteiger partial charge is 0.230 e. The molecule has 0 aliphatic heterocycles. The zero-order valence-corrected chi connectivity index (χ0v) is 9.93. The third kappa shape index (κ3) is 3.52. The predicted octanol–water partition coefficient (Wildman–Crippen LogP) is 3.66. The molecule has 2 aromatic carbocycles. The van der Waals surface area contributed by atoms with Crippen LogP contribution < -0.4 is 9.47 Å². The number of rotatable bonds is 5. The predicted molar refractivity (Wildman–Crippen MR) is 68.4 cm³/mol. The van der Waals surface area contributed by atoms with Gasteiger partial charge in [-0.2, -0.15) is 0 Å². The fraction of sp³-hybridized carbons (Fsp3) is 0.200. The number of ether oxygens (including phenoxy) is 2. The highest BCUT2D eigenvalue weighted by atomic mass is 16.7. The number of benzene rings is 2. The molecular formula is C15H16O2. The molecule has 0 bridgehead atoms. The molecular weight excluding hydrogens is 212 g/mol. The highest BCUT2D eigenvalue weighted by molar-refractivity contribution is 5.27. The molecule has 0 saturated heterocycles. The molecule has 0 aliphatic rings. The molecule has 0 radical (unpaired) electrons. The summed E-state index contributed by atoms with van der Waals surface area (Å²) in [6.07, 6.45) is 1.04. The van der Waals surface area contributed by atoms with E-state index in [0.29, 0.717) is 0 Å². The Bertz CT molecular complexity index is 434. The first-order chi connectivity index (χ1) is 8.38. The lowest BCUT2D eigenvalue weighted by Crippen LogP contribution is -2.05. The van der Waals surface area contributed by atoms with Gasteiger partial charge in [0.15, 0.2) is 0 Å². The second kappa shape index (κ2) is 5.94. The van der Waals surface area contributed by atoms with E-state index in [2.05, 4.69) is 19.1 Å². The van der Waals surface area contributed by atoms with Gasteiger partial charge in [0, 0.05) is 0 Å². The van der Waals surface area contributed by atoms with E-state index in [1.165, 1.54) is 5.56 Å². The standard InChI is InChI=1S/C15H16O2/c1-2-13-8-10-15(11-9-13)17-12-16-14-6-4-3-5-7-14/h3-11H,2,12H2,1H3. The molecule has 0 unspecified atom stereocenters. The maximum atomic E-state index is 5.49. The van der Waals surface area contributed by atoms with Crippen LogP contribution in [0.25, 0.3) is 0 Å². The summed E-state index contributed by atoms with van der Waals surface area (Å²) in [4.78, 5) is 0. The summed E-state index contributed by atoms with van der Waals surface area (Å²) < 4.78 is 10.9. The first-order valence-electron chi connectivity index (χ1n) is 5.78. The summed E-state index contributed by atoms with van der Waals surface area (Å²) in [7, 11) is 0. The first kappa shape index (κ1) is 11.5. The monoisotopic (exact) mass is 228 g/mol. The van der Waals surface area contributed by atoms with Crippen molar-refractivity contribution < 1.29 is 9.47 Å². The van der Waals surface area contributed by atoms with Crippen molar-refractivity contribution in [3.05, 3.63) is 60.2 Å². The van der Waals surface area contributed by atoms with Crippen LogP contribution in [0.1, 0.15) is 12.5 Å². The molecule has 0 spiro atoms. The van der Waals surface area contributed by atoms with E-state index >= 15 is 0 Å². The SMILES string of the molecule is CCc1ccc(OCOc2ccccc2)cc1. The minimum atomic E-state index is 0.232. The van der Waals surface area contributed by atoms with Crippen molar-refractivity contribution in [3.8, 4) is 11.5 Å². The molecule has 17 heavy (non-hydrogen) atoms. The summed E-state index contributed by atoms with van der Waals surface area (Å²) in [5.41, 5.74) is 1.31. The number of aryl methyl sites for hydroxylation is 1. The zero-order chi connectivity index (χ0) is 11.9. The third-order valence-electron chi connectivity index (χ3n) is 2.53. The molecule has 0 atom stereocenters. The van der Waals surface area contributed by atoms with Crippen molar-refractivity contribution in [1.82, 2.24) is 0 Å². The lowest BCUT2D eigenvalue weighted by atomic mass is 10.2. The van der Waals surface area contributed by atoms with E-state index in [1.54, 1.807) is 0 Å². The van der Waals surface area contributed by atoms with Gasteiger partial charge in [0.25, 0.3) is 0 Å². The van der Waals surface area contributed by atoms with Gasteiger partial charge >= 0.3 is 0 Å². The van der Waals surface area contributed by atoms with E-state index in [4.69, 9.17) is 9.47 Å². The van der Waals surface area contributed by atoms with E-state index < -0.39 is 0 Å². The van der Waals surface area contributed by atoms with Crippen molar-refractivity contribution in [1.29, 1.82) is 0 Å². The summed E-state index contributed by atoms with van der Waals surface area (Å²) in [6.45, 7) is 2.36. The molecule has 88 valence electrons. The van der Waals surface area contributed by atoms with Crippen LogP contribution in [0.5, 0.6) is 11.5 Å². The van der Waals surface area contributed by atoms with Gasteiger partial charge in [0.1, 0.15) is 11.5 Å². The molecule has 2 aromatic rings. The molecule has 2 rings (SSSR count). The highest BCUT2D eigenvalue weighted by Gasteiger charge is 1.95. The largest absolute Gasteiger partial charge is 0.458 e. The van der Waals surface area contributed by atoms with Crippen LogP contribution in [0, 0.1) is 0 Å². The molecule has 0 amide bonds. The zero-order valence-electron chi connectivity index (χ0n) is 9.93. The lowest BCUT2D eigenvalue weighted by Gasteiger charge is -2.08. The average molecular weight is 228 g/mol. The highest BCUT2D eigenvalue weighted by Crippen LogP contribution is 2.13. The van der Waals surface area contributed by atoms with Crippen LogP contribution in [-0.2, 0) is 6.42 Å². The quantitative estimate of drug-likeness (QED) is 0.727. The molecule has 0 aliphatic carbocycles. The van der Waals surface area contributed by atoms with Crippen molar-refractivity contribution in [3.63, 3.8) is 0 Å². The summed E-state index contributed by atoms with van der Waals surface area (Å²) in [6, 6.07) is 17.7. The van der Waals surface area contributed by atoms with E-state index in [9.17, 15) is 0 Å². The number of hydrogen-bond acceptors (Lipinski definition) is 2. The van der Waals surface area contributed by atoms with Gasteiger partial charge in [-0.05, 0) is 36.2 Å². The van der Waals surface area contributed by atoms with Crippen LogP contribution in [0.4, 0.5) is 0 Å². The van der Waals surface area contributed by atoms with Crippen LogP contribution >= 0.6 is 0 Å². The molecule has 2 nitrogen and oxygen atoms in total. The van der Waals surface area contributed by atoms with Gasteiger partial charge < -0.3 is 9.47 Å². The second-order valence-corrected chi connectivity index (χ2v) is 3.72. The average Bonchev–Trinajstić information content (AvgIpc) is 2.41. The Morgan fingerprint density at radius 3 is 1.94 bits per heavy atom. The minimum absolute atomic E-state index is 0.232. The van der Waals surface area contributed by atoms with Crippen molar-refractivity contribution in [2.45, 2.75) is 13.3 Å². The molecule has 0 aromatic heterocycles.